The van der Waals surface area contributed by atoms with Gasteiger partial charge in [-0.25, -0.2) is 4.79 Å². The van der Waals surface area contributed by atoms with Gasteiger partial charge in [-0.2, -0.15) is 0 Å². The highest BCUT2D eigenvalue weighted by Gasteiger charge is 2.04. The highest BCUT2D eigenvalue weighted by Crippen LogP contribution is 2.22. The Balaban J connectivity index is 2.65. The van der Waals surface area contributed by atoms with Crippen LogP contribution in [0.5, 0.6) is 0 Å². The summed E-state index contributed by atoms with van der Waals surface area (Å²) in [6.07, 6.45) is 1.66. The van der Waals surface area contributed by atoms with Crippen LogP contribution in [0.4, 0.5) is 0 Å². The number of rotatable bonds is 0. The van der Waals surface area contributed by atoms with Crippen LogP contribution in [-0.2, 0) is 0 Å². The summed E-state index contributed by atoms with van der Waals surface area (Å²) < 4.78 is 2.68. The molecule has 0 saturated heterocycles. The quantitative estimate of drug-likeness (QED) is 0.665. The summed E-state index contributed by atoms with van der Waals surface area (Å²) >= 11 is 3.41. The van der Waals surface area contributed by atoms with Gasteiger partial charge in [0.1, 0.15) is 0 Å². The maximum absolute atomic E-state index is 11.6. The fraction of sp³-hybridized carbons (Fsp3) is 0. The number of nitrogens with one attached hydrogen (secondary N) is 1. The number of fused-ring (bicyclic) bond motifs is 3. The van der Waals surface area contributed by atoms with Gasteiger partial charge in [0.05, 0.1) is 11.0 Å². The summed E-state index contributed by atoms with van der Waals surface area (Å²) in [5, 5.41) is 1.06. The van der Waals surface area contributed by atoms with Crippen molar-refractivity contribution in [2.24, 2.45) is 0 Å². The van der Waals surface area contributed by atoms with Crippen LogP contribution >= 0.6 is 15.9 Å². The lowest BCUT2D eigenvalue weighted by Crippen LogP contribution is -2.14. The zero-order valence-corrected chi connectivity index (χ0v) is 9.28. The fourth-order valence-electron chi connectivity index (χ4n) is 1.82. The van der Waals surface area contributed by atoms with E-state index in [0.717, 1.165) is 20.9 Å². The molecule has 0 bridgehead atoms. The molecule has 0 radical (unpaired) electrons. The number of H-pyrrole nitrogens is 1. The highest BCUT2D eigenvalue weighted by atomic mass is 79.9. The van der Waals surface area contributed by atoms with Crippen LogP contribution in [0.3, 0.4) is 0 Å². The molecule has 2 aromatic heterocycles. The number of hydrogen-bond donors (Lipinski definition) is 1. The predicted octanol–water partition coefficient (Wildman–Crippen LogP) is 2.54. The topological polar surface area (TPSA) is 37.3 Å². The van der Waals surface area contributed by atoms with Crippen LogP contribution < -0.4 is 5.69 Å². The van der Waals surface area contributed by atoms with Crippen LogP contribution in [0.25, 0.3) is 16.4 Å². The largest absolute Gasteiger partial charge is 0.330 e. The van der Waals surface area contributed by atoms with Gasteiger partial charge in [0.15, 0.2) is 0 Å². The number of halogens is 1. The Hall–Kier alpha value is -1.55. The maximum Gasteiger partial charge on any atom is 0.330 e. The second-order valence-electron chi connectivity index (χ2n) is 3.39. The van der Waals surface area contributed by atoms with E-state index in [9.17, 15) is 4.79 Å². The van der Waals surface area contributed by atoms with E-state index >= 15 is 0 Å². The Morgan fingerprint density at radius 2 is 2.07 bits per heavy atom. The van der Waals surface area contributed by atoms with Crippen molar-refractivity contribution in [3.8, 4) is 0 Å². The zero-order chi connectivity index (χ0) is 10.4. The van der Waals surface area contributed by atoms with Gasteiger partial charge in [-0.1, -0.05) is 15.9 Å². The van der Waals surface area contributed by atoms with Crippen molar-refractivity contribution in [3.05, 3.63) is 51.5 Å². The average Bonchev–Trinajstić information content (AvgIpc) is 2.56. The second-order valence-corrected chi connectivity index (χ2v) is 4.31. The van der Waals surface area contributed by atoms with E-state index in [1.54, 1.807) is 10.6 Å². The Labute approximate surface area is 93.5 Å². The second kappa shape index (κ2) is 2.97. The molecule has 0 atom stereocenters. The molecule has 0 unspecified atom stereocenters. The molecule has 0 aliphatic carbocycles. The van der Waals surface area contributed by atoms with Crippen molar-refractivity contribution in [1.29, 1.82) is 0 Å². The van der Waals surface area contributed by atoms with Gasteiger partial charge in [-0.3, -0.25) is 4.40 Å². The molecular weight excluding hydrogens is 256 g/mol. The van der Waals surface area contributed by atoms with Crippen LogP contribution in [0.15, 0.2) is 45.8 Å². The van der Waals surface area contributed by atoms with Gasteiger partial charge in [0.2, 0.25) is 0 Å². The molecule has 15 heavy (non-hydrogen) atoms. The highest BCUT2D eigenvalue weighted by molar-refractivity contribution is 9.10. The van der Waals surface area contributed by atoms with Crippen molar-refractivity contribution in [2.45, 2.75) is 0 Å². The molecule has 2 heterocycles. The molecule has 3 nitrogen and oxygen atoms in total. The summed E-state index contributed by atoms with van der Waals surface area (Å²) in [7, 11) is 0. The third-order valence-corrected chi connectivity index (χ3v) is 2.95. The number of benzene rings is 1. The van der Waals surface area contributed by atoms with Crippen molar-refractivity contribution in [1.82, 2.24) is 9.38 Å². The minimum absolute atomic E-state index is 0.107. The molecular formula is C11H7BrN2O. The summed E-state index contributed by atoms with van der Waals surface area (Å²) in [6.45, 7) is 0. The van der Waals surface area contributed by atoms with Crippen LogP contribution in [0, 0.1) is 0 Å². The zero-order valence-electron chi connectivity index (χ0n) is 7.70. The first kappa shape index (κ1) is 8.73. The molecule has 1 aromatic carbocycles. The smallest absolute Gasteiger partial charge is 0.314 e. The summed E-state index contributed by atoms with van der Waals surface area (Å²) in [4.78, 5) is 14.3. The molecule has 74 valence electrons. The molecule has 3 rings (SSSR count). The van der Waals surface area contributed by atoms with Crippen molar-refractivity contribution >= 4 is 32.3 Å². The average molecular weight is 263 g/mol. The molecule has 0 aliphatic rings. The Morgan fingerprint density at radius 3 is 2.93 bits per heavy atom. The predicted molar refractivity (Wildman–Crippen MR) is 63.2 cm³/mol. The Morgan fingerprint density at radius 1 is 1.20 bits per heavy atom. The number of hydrogen-bond acceptors (Lipinski definition) is 1. The lowest BCUT2D eigenvalue weighted by atomic mass is 10.2. The number of nitrogens with zero attached hydrogens (tertiary/aromatic N) is 1. The fourth-order valence-corrected chi connectivity index (χ4v) is 2.20. The van der Waals surface area contributed by atoms with Crippen LogP contribution in [0.2, 0.25) is 0 Å². The molecule has 0 saturated carbocycles. The summed E-state index contributed by atoms with van der Waals surface area (Å²) in [6, 6.07) is 9.75. The van der Waals surface area contributed by atoms with E-state index in [4.69, 9.17) is 0 Å². The van der Waals surface area contributed by atoms with Gasteiger partial charge >= 0.3 is 5.69 Å². The lowest BCUT2D eigenvalue weighted by molar-refractivity contribution is 1.04. The molecule has 0 aliphatic heterocycles. The first-order chi connectivity index (χ1) is 7.25. The van der Waals surface area contributed by atoms with E-state index in [1.165, 1.54) is 0 Å². The minimum Gasteiger partial charge on any atom is -0.314 e. The van der Waals surface area contributed by atoms with Gasteiger partial charge in [-0.05, 0) is 30.3 Å². The van der Waals surface area contributed by atoms with Gasteiger partial charge in [-0.15, -0.1) is 0 Å². The van der Waals surface area contributed by atoms with Crippen molar-refractivity contribution in [3.63, 3.8) is 0 Å². The van der Waals surface area contributed by atoms with Crippen LogP contribution in [-0.4, -0.2) is 9.38 Å². The van der Waals surface area contributed by atoms with E-state index in [2.05, 4.69) is 20.9 Å². The summed E-state index contributed by atoms with van der Waals surface area (Å²) in [5.41, 5.74) is 1.73. The third-order valence-electron chi connectivity index (χ3n) is 2.46. The number of aromatic amines is 1. The monoisotopic (exact) mass is 262 g/mol. The van der Waals surface area contributed by atoms with Gasteiger partial charge in [0, 0.05) is 16.1 Å². The van der Waals surface area contributed by atoms with E-state index in [-0.39, 0.29) is 5.69 Å². The molecule has 0 spiro atoms. The van der Waals surface area contributed by atoms with E-state index in [0.29, 0.717) is 0 Å². The third kappa shape index (κ3) is 1.22. The first-order valence-electron chi connectivity index (χ1n) is 4.54. The van der Waals surface area contributed by atoms with Crippen molar-refractivity contribution in [2.75, 3.05) is 0 Å². The SMILES string of the molecule is O=c1[nH]ccc2cc3cc(Br)ccc3n12. The molecule has 1 N–H and O–H groups in total. The Bertz CT molecular complexity index is 711. The Kier molecular flexibility index (Phi) is 1.73. The standard InChI is InChI=1S/C11H7BrN2O/c12-8-1-2-10-7(5-8)6-9-3-4-13-11(15)14(9)10/h1-6H,(H,13,15). The lowest BCUT2D eigenvalue weighted by Gasteiger charge is -1.95. The normalized spacial score (nSPS) is 11.3. The van der Waals surface area contributed by atoms with Gasteiger partial charge in [0.25, 0.3) is 0 Å². The first-order valence-corrected chi connectivity index (χ1v) is 5.33. The molecule has 4 heteroatoms. The molecule has 3 aromatic rings. The molecule has 0 fully saturated rings. The van der Waals surface area contributed by atoms with E-state index < -0.39 is 0 Å². The maximum atomic E-state index is 11.6. The van der Waals surface area contributed by atoms with Crippen LogP contribution in [0.1, 0.15) is 0 Å². The number of aromatic nitrogens is 2. The minimum atomic E-state index is -0.107. The van der Waals surface area contributed by atoms with E-state index in [1.807, 2.05) is 30.3 Å². The van der Waals surface area contributed by atoms with Gasteiger partial charge < -0.3 is 4.98 Å². The molecule has 0 amide bonds. The summed E-state index contributed by atoms with van der Waals surface area (Å²) in [5.74, 6) is 0. The van der Waals surface area contributed by atoms with Crippen molar-refractivity contribution < 1.29 is 0 Å².